The van der Waals surface area contributed by atoms with Crippen LogP contribution < -0.4 is 5.73 Å². The lowest BCUT2D eigenvalue weighted by Crippen LogP contribution is -2.13. The Kier molecular flexibility index (Phi) is 3.82. The van der Waals surface area contributed by atoms with E-state index in [1.165, 1.54) is 42.4 Å². The molecule has 0 bridgehead atoms. The number of hydrogen-bond acceptors (Lipinski definition) is 1. The zero-order chi connectivity index (χ0) is 14.1. The summed E-state index contributed by atoms with van der Waals surface area (Å²) in [6.07, 6.45) is 5.00. The first-order valence-corrected chi connectivity index (χ1v) is 7.65. The summed E-state index contributed by atoms with van der Waals surface area (Å²) in [5.41, 5.74) is 12.8. The van der Waals surface area contributed by atoms with Crippen molar-refractivity contribution in [2.45, 2.75) is 38.6 Å². The Bertz CT molecular complexity index is 613. The second-order valence-corrected chi connectivity index (χ2v) is 6.21. The molecule has 3 rings (SSSR count). The van der Waals surface area contributed by atoms with Gasteiger partial charge in [-0.2, -0.15) is 0 Å². The van der Waals surface area contributed by atoms with Crippen LogP contribution in [0, 0.1) is 6.92 Å². The third kappa shape index (κ3) is 2.74. The lowest BCUT2D eigenvalue weighted by atomic mass is 9.88. The van der Waals surface area contributed by atoms with E-state index >= 15 is 0 Å². The maximum absolute atomic E-state index is 6.43. The van der Waals surface area contributed by atoms with Crippen LogP contribution in [0.4, 0.5) is 0 Å². The summed E-state index contributed by atoms with van der Waals surface area (Å²) in [4.78, 5) is 0. The van der Waals surface area contributed by atoms with Gasteiger partial charge in [0.2, 0.25) is 0 Å². The van der Waals surface area contributed by atoms with Gasteiger partial charge in [0, 0.05) is 5.02 Å². The maximum Gasteiger partial charge on any atom is 0.0552 e. The van der Waals surface area contributed by atoms with Crippen LogP contribution in [0.2, 0.25) is 5.02 Å². The molecule has 0 saturated heterocycles. The maximum atomic E-state index is 6.43. The lowest BCUT2D eigenvalue weighted by Gasteiger charge is -2.20. The van der Waals surface area contributed by atoms with E-state index in [0.29, 0.717) is 0 Å². The van der Waals surface area contributed by atoms with Gasteiger partial charge in [0.1, 0.15) is 0 Å². The summed E-state index contributed by atoms with van der Waals surface area (Å²) in [5.74, 6) is 0. The lowest BCUT2D eigenvalue weighted by molar-refractivity contribution is 0.682. The summed E-state index contributed by atoms with van der Waals surface area (Å²) in [7, 11) is 0. The highest BCUT2D eigenvalue weighted by molar-refractivity contribution is 6.30. The van der Waals surface area contributed by atoms with Crippen LogP contribution in [0.15, 0.2) is 36.4 Å². The highest BCUT2D eigenvalue weighted by atomic mass is 35.5. The second kappa shape index (κ2) is 5.59. The molecule has 20 heavy (non-hydrogen) atoms. The Morgan fingerprint density at radius 1 is 0.950 bits per heavy atom. The van der Waals surface area contributed by atoms with Crippen LogP contribution in [-0.2, 0) is 12.8 Å². The van der Waals surface area contributed by atoms with Crippen LogP contribution in [0.1, 0.15) is 46.7 Å². The van der Waals surface area contributed by atoms with Gasteiger partial charge in [0.05, 0.1) is 6.04 Å². The fourth-order valence-electron chi connectivity index (χ4n) is 3.08. The summed E-state index contributed by atoms with van der Waals surface area (Å²) in [6, 6.07) is 12.7. The Balaban J connectivity index is 1.95. The molecule has 0 fully saturated rings. The van der Waals surface area contributed by atoms with Crippen molar-refractivity contribution in [1.82, 2.24) is 0 Å². The number of aryl methyl sites for hydroxylation is 3. The topological polar surface area (TPSA) is 26.0 Å². The molecule has 0 heterocycles. The molecule has 0 aliphatic heterocycles. The van der Waals surface area contributed by atoms with Crippen LogP contribution in [0.3, 0.4) is 0 Å². The molecule has 1 aliphatic rings. The number of benzene rings is 2. The third-order valence-corrected chi connectivity index (χ3v) is 4.37. The van der Waals surface area contributed by atoms with Crippen molar-refractivity contribution in [3.63, 3.8) is 0 Å². The SMILES string of the molecule is Cc1cc(Cl)cc(C(N)c2ccc3c(c2)CCCC3)c1. The van der Waals surface area contributed by atoms with Crippen molar-refractivity contribution < 1.29 is 0 Å². The number of nitrogens with two attached hydrogens (primary N) is 1. The highest BCUT2D eigenvalue weighted by Gasteiger charge is 2.14. The predicted octanol–water partition coefficient (Wildman–Crippen LogP) is 4.58. The standard InChI is InChI=1S/C18H20ClN/c1-12-8-16(11-17(19)9-12)18(20)15-7-6-13-4-2-3-5-14(13)10-15/h6-11,18H,2-5,20H2,1H3. The van der Waals surface area contributed by atoms with Gasteiger partial charge >= 0.3 is 0 Å². The van der Waals surface area contributed by atoms with Gasteiger partial charge in [-0.15, -0.1) is 0 Å². The fraction of sp³-hybridized carbons (Fsp3) is 0.333. The molecule has 2 aromatic carbocycles. The first kappa shape index (κ1) is 13.7. The highest BCUT2D eigenvalue weighted by Crippen LogP contribution is 2.28. The summed E-state index contributed by atoms with van der Waals surface area (Å²) < 4.78 is 0. The third-order valence-electron chi connectivity index (χ3n) is 4.16. The molecule has 2 aromatic rings. The number of hydrogen-bond donors (Lipinski definition) is 1. The van der Waals surface area contributed by atoms with E-state index in [4.69, 9.17) is 17.3 Å². The molecule has 2 N–H and O–H groups in total. The first-order valence-electron chi connectivity index (χ1n) is 7.28. The quantitative estimate of drug-likeness (QED) is 0.859. The molecule has 1 atom stereocenters. The second-order valence-electron chi connectivity index (χ2n) is 5.77. The van der Waals surface area contributed by atoms with Gasteiger partial charge in [-0.25, -0.2) is 0 Å². The van der Waals surface area contributed by atoms with Crippen LogP contribution in [-0.4, -0.2) is 0 Å². The van der Waals surface area contributed by atoms with E-state index < -0.39 is 0 Å². The van der Waals surface area contributed by atoms with Gasteiger partial charge in [0.15, 0.2) is 0 Å². The smallest absolute Gasteiger partial charge is 0.0552 e. The normalized spacial score (nSPS) is 15.8. The van der Waals surface area contributed by atoms with Gasteiger partial charge in [-0.1, -0.05) is 35.9 Å². The Hall–Kier alpha value is -1.31. The summed E-state index contributed by atoms with van der Waals surface area (Å²) >= 11 is 6.14. The average Bonchev–Trinajstić information content (AvgIpc) is 2.45. The van der Waals surface area contributed by atoms with E-state index in [2.05, 4.69) is 31.2 Å². The van der Waals surface area contributed by atoms with Gasteiger partial charge in [0.25, 0.3) is 0 Å². The van der Waals surface area contributed by atoms with Crippen molar-refractivity contribution in [2.75, 3.05) is 0 Å². The molecule has 104 valence electrons. The molecular weight excluding hydrogens is 266 g/mol. The molecule has 0 saturated carbocycles. The van der Waals surface area contributed by atoms with Crippen LogP contribution >= 0.6 is 11.6 Å². The van der Waals surface area contributed by atoms with Crippen molar-refractivity contribution in [3.05, 3.63) is 69.2 Å². The Morgan fingerprint density at radius 3 is 2.45 bits per heavy atom. The molecule has 0 aromatic heterocycles. The first-order chi connectivity index (χ1) is 9.63. The minimum Gasteiger partial charge on any atom is -0.320 e. The zero-order valence-electron chi connectivity index (χ0n) is 11.8. The average molecular weight is 286 g/mol. The number of fused-ring (bicyclic) bond motifs is 1. The molecule has 0 radical (unpaired) electrons. The van der Waals surface area contributed by atoms with Gasteiger partial charge in [-0.05, 0) is 72.6 Å². The van der Waals surface area contributed by atoms with Crippen molar-refractivity contribution in [1.29, 1.82) is 0 Å². The van der Waals surface area contributed by atoms with E-state index in [1.807, 2.05) is 12.1 Å². The predicted molar refractivity (Wildman–Crippen MR) is 85.3 cm³/mol. The van der Waals surface area contributed by atoms with E-state index in [0.717, 1.165) is 16.1 Å². The molecular formula is C18H20ClN. The minimum absolute atomic E-state index is 0.0976. The van der Waals surface area contributed by atoms with Crippen molar-refractivity contribution >= 4 is 11.6 Å². The molecule has 2 heteroatoms. The molecule has 0 spiro atoms. The van der Waals surface area contributed by atoms with Gasteiger partial charge in [-0.3, -0.25) is 0 Å². The van der Waals surface area contributed by atoms with Crippen molar-refractivity contribution in [3.8, 4) is 0 Å². The van der Waals surface area contributed by atoms with Gasteiger partial charge < -0.3 is 5.73 Å². The monoisotopic (exact) mass is 285 g/mol. The number of rotatable bonds is 2. The Morgan fingerprint density at radius 2 is 1.70 bits per heavy atom. The van der Waals surface area contributed by atoms with Crippen molar-refractivity contribution in [2.24, 2.45) is 5.73 Å². The van der Waals surface area contributed by atoms with E-state index in [-0.39, 0.29) is 6.04 Å². The Labute approximate surface area is 125 Å². The van der Waals surface area contributed by atoms with Crippen LogP contribution in [0.5, 0.6) is 0 Å². The number of halogens is 1. The largest absolute Gasteiger partial charge is 0.320 e. The van der Waals surface area contributed by atoms with Crippen LogP contribution in [0.25, 0.3) is 0 Å². The summed E-state index contributed by atoms with van der Waals surface area (Å²) in [6.45, 7) is 2.05. The van der Waals surface area contributed by atoms with E-state index in [1.54, 1.807) is 0 Å². The summed E-state index contributed by atoms with van der Waals surface area (Å²) in [5, 5.41) is 0.758. The molecule has 1 nitrogen and oxygen atoms in total. The zero-order valence-corrected chi connectivity index (χ0v) is 12.6. The molecule has 0 amide bonds. The molecule has 1 unspecified atom stereocenters. The minimum atomic E-state index is -0.0976. The fourth-order valence-corrected chi connectivity index (χ4v) is 3.38. The van der Waals surface area contributed by atoms with E-state index in [9.17, 15) is 0 Å². The molecule has 1 aliphatic carbocycles.